The van der Waals surface area contributed by atoms with Crippen LogP contribution in [0.25, 0.3) is 0 Å². The minimum Gasteiger partial charge on any atom is -0.378 e. The second-order valence-corrected chi connectivity index (χ2v) is 3.67. The van der Waals surface area contributed by atoms with Crippen molar-refractivity contribution >= 4 is 17.3 Å². The van der Waals surface area contributed by atoms with Crippen LogP contribution in [0.2, 0.25) is 0 Å². The van der Waals surface area contributed by atoms with Gasteiger partial charge >= 0.3 is 0 Å². The summed E-state index contributed by atoms with van der Waals surface area (Å²) in [5.74, 6) is 0.534. The first-order valence-corrected chi connectivity index (χ1v) is 5.15. The van der Waals surface area contributed by atoms with Gasteiger partial charge in [-0.05, 0) is 11.6 Å². The standard InChI is InChI=1S/C10H13ClN2O/c1-14-9-6-13(7-9)10-5-12-3-2-8(10)4-11/h2-3,5,9H,4,6-7H2,1H3. The Kier molecular flexibility index (Phi) is 2.89. The summed E-state index contributed by atoms with van der Waals surface area (Å²) in [5.41, 5.74) is 2.27. The van der Waals surface area contributed by atoms with Crippen LogP contribution in [-0.4, -0.2) is 31.3 Å². The van der Waals surface area contributed by atoms with Crippen LogP contribution in [0.3, 0.4) is 0 Å². The number of halogens is 1. The molecule has 0 spiro atoms. The van der Waals surface area contributed by atoms with Gasteiger partial charge in [0.05, 0.1) is 18.0 Å². The number of alkyl halides is 1. The molecule has 1 aliphatic rings. The summed E-state index contributed by atoms with van der Waals surface area (Å²) in [5, 5.41) is 0. The first kappa shape index (κ1) is 9.74. The summed E-state index contributed by atoms with van der Waals surface area (Å²) in [6.45, 7) is 1.87. The third-order valence-corrected chi connectivity index (χ3v) is 2.84. The predicted octanol–water partition coefficient (Wildman–Crippen LogP) is 1.66. The molecule has 0 radical (unpaired) electrons. The van der Waals surface area contributed by atoms with Gasteiger partial charge in [0.1, 0.15) is 0 Å². The minimum absolute atomic E-state index is 0.360. The Labute approximate surface area is 88.6 Å². The van der Waals surface area contributed by atoms with E-state index in [4.69, 9.17) is 16.3 Å². The highest BCUT2D eigenvalue weighted by atomic mass is 35.5. The Morgan fingerprint density at radius 2 is 2.43 bits per heavy atom. The highest BCUT2D eigenvalue weighted by molar-refractivity contribution is 6.17. The van der Waals surface area contributed by atoms with Crippen molar-refractivity contribution in [2.45, 2.75) is 12.0 Å². The zero-order valence-corrected chi connectivity index (χ0v) is 8.87. The number of aromatic nitrogens is 1. The highest BCUT2D eigenvalue weighted by Gasteiger charge is 2.27. The second kappa shape index (κ2) is 4.15. The van der Waals surface area contributed by atoms with E-state index in [1.54, 1.807) is 13.3 Å². The topological polar surface area (TPSA) is 25.4 Å². The molecule has 3 nitrogen and oxygen atoms in total. The third kappa shape index (κ3) is 1.70. The lowest BCUT2D eigenvalue weighted by atomic mass is 10.1. The maximum Gasteiger partial charge on any atom is 0.0920 e. The van der Waals surface area contributed by atoms with Crippen molar-refractivity contribution in [1.82, 2.24) is 4.98 Å². The molecule has 1 fully saturated rings. The van der Waals surface area contributed by atoms with Crippen molar-refractivity contribution in [1.29, 1.82) is 0 Å². The molecule has 0 aromatic carbocycles. The van der Waals surface area contributed by atoms with Crippen molar-refractivity contribution in [2.24, 2.45) is 0 Å². The van der Waals surface area contributed by atoms with E-state index in [0.29, 0.717) is 12.0 Å². The molecule has 14 heavy (non-hydrogen) atoms. The Balaban J connectivity index is 2.10. The Morgan fingerprint density at radius 3 is 3.07 bits per heavy atom. The average molecular weight is 213 g/mol. The molecule has 0 N–H and O–H groups in total. The SMILES string of the molecule is COC1CN(c2cnccc2CCl)C1. The molecule has 1 aromatic heterocycles. The number of anilines is 1. The summed E-state index contributed by atoms with van der Waals surface area (Å²) >= 11 is 5.84. The van der Waals surface area contributed by atoms with Crippen LogP contribution in [0.5, 0.6) is 0 Å². The van der Waals surface area contributed by atoms with Gasteiger partial charge in [-0.3, -0.25) is 4.98 Å². The molecule has 0 atom stereocenters. The van der Waals surface area contributed by atoms with E-state index in [9.17, 15) is 0 Å². The molecule has 4 heteroatoms. The summed E-state index contributed by atoms with van der Waals surface area (Å²) in [6, 6.07) is 1.96. The number of pyridine rings is 1. The molecule has 1 aliphatic heterocycles. The van der Waals surface area contributed by atoms with Gasteiger partial charge in [0.2, 0.25) is 0 Å². The van der Waals surface area contributed by atoms with E-state index in [-0.39, 0.29) is 0 Å². The summed E-state index contributed by atoms with van der Waals surface area (Å²) in [7, 11) is 1.74. The van der Waals surface area contributed by atoms with Crippen molar-refractivity contribution in [2.75, 3.05) is 25.1 Å². The van der Waals surface area contributed by atoms with Gasteiger partial charge in [0.25, 0.3) is 0 Å². The van der Waals surface area contributed by atoms with Crippen LogP contribution in [0.4, 0.5) is 5.69 Å². The quantitative estimate of drug-likeness (QED) is 0.713. The Morgan fingerprint density at radius 1 is 1.64 bits per heavy atom. The molecule has 1 aromatic rings. The molecule has 1 saturated heterocycles. The lowest BCUT2D eigenvalue weighted by Gasteiger charge is -2.40. The van der Waals surface area contributed by atoms with Gasteiger partial charge in [-0.15, -0.1) is 11.6 Å². The maximum absolute atomic E-state index is 5.84. The van der Waals surface area contributed by atoms with Crippen molar-refractivity contribution in [3.63, 3.8) is 0 Å². The zero-order chi connectivity index (χ0) is 9.97. The van der Waals surface area contributed by atoms with E-state index < -0.39 is 0 Å². The van der Waals surface area contributed by atoms with Gasteiger partial charge in [-0.1, -0.05) is 0 Å². The Bertz CT molecular complexity index is 313. The molecule has 0 bridgehead atoms. The van der Waals surface area contributed by atoms with E-state index in [2.05, 4.69) is 9.88 Å². The van der Waals surface area contributed by atoms with Crippen LogP contribution in [0.1, 0.15) is 5.56 Å². The van der Waals surface area contributed by atoms with Crippen LogP contribution < -0.4 is 4.90 Å². The molecule has 2 heterocycles. The number of rotatable bonds is 3. The maximum atomic E-state index is 5.84. The fourth-order valence-electron chi connectivity index (χ4n) is 1.60. The van der Waals surface area contributed by atoms with Crippen LogP contribution in [0.15, 0.2) is 18.5 Å². The van der Waals surface area contributed by atoms with Crippen molar-refractivity contribution in [3.05, 3.63) is 24.0 Å². The minimum atomic E-state index is 0.360. The molecular formula is C10H13ClN2O. The van der Waals surface area contributed by atoms with Crippen molar-refractivity contribution in [3.8, 4) is 0 Å². The fraction of sp³-hybridized carbons (Fsp3) is 0.500. The van der Waals surface area contributed by atoms with Crippen LogP contribution in [-0.2, 0) is 10.6 Å². The van der Waals surface area contributed by atoms with E-state index in [0.717, 1.165) is 24.3 Å². The largest absolute Gasteiger partial charge is 0.378 e. The first-order chi connectivity index (χ1) is 6.85. The smallest absolute Gasteiger partial charge is 0.0920 e. The average Bonchev–Trinajstić information content (AvgIpc) is 2.17. The van der Waals surface area contributed by atoms with Crippen LogP contribution >= 0.6 is 11.6 Å². The fourth-order valence-corrected chi connectivity index (χ4v) is 1.82. The summed E-state index contributed by atoms with van der Waals surface area (Å²) < 4.78 is 5.22. The van der Waals surface area contributed by atoms with Gasteiger partial charge in [-0.25, -0.2) is 0 Å². The molecule has 0 aliphatic carbocycles. The molecule has 0 saturated carbocycles. The third-order valence-electron chi connectivity index (χ3n) is 2.55. The molecule has 76 valence electrons. The van der Waals surface area contributed by atoms with E-state index in [1.807, 2.05) is 12.3 Å². The highest BCUT2D eigenvalue weighted by Crippen LogP contribution is 2.26. The first-order valence-electron chi connectivity index (χ1n) is 4.61. The molecule has 0 unspecified atom stereocenters. The van der Waals surface area contributed by atoms with E-state index in [1.165, 1.54) is 0 Å². The summed E-state index contributed by atoms with van der Waals surface area (Å²) in [4.78, 5) is 6.34. The lowest BCUT2D eigenvalue weighted by Crippen LogP contribution is -2.52. The second-order valence-electron chi connectivity index (χ2n) is 3.40. The molecule has 0 amide bonds. The zero-order valence-electron chi connectivity index (χ0n) is 8.11. The van der Waals surface area contributed by atoms with Gasteiger partial charge in [0, 0.05) is 32.3 Å². The lowest BCUT2D eigenvalue weighted by molar-refractivity contribution is 0.0786. The number of methoxy groups -OCH3 is 1. The van der Waals surface area contributed by atoms with Gasteiger partial charge < -0.3 is 9.64 Å². The van der Waals surface area contributed by atoms with Crippen LogP contribution in [0, 0.1) is 0 Å². The number of hydrogen-bond donors (Lipinski definition) is 0. The van der Waals surface area contributed by atoms with Crippen molar-refractivity contribution < 1.29 is 4.74 Å². The molecular weight excluding hydrogens is 200 g/mol. The Hall–Kier alpha value is -0.800. The van der Waals surface area contributed by atoms with Gasteiger partial charge in [0.15, 0.2) is 0 Å². The molecule has 2 rings (SSSR count). The predicted molar refractivity (Wildman–Crippen MR) is 56.8 cm³/mol. The van der Waals surface area contributed by atoms with Gasteiger partial charge in [-0.2, -0.15) is 0 Å². The number of nitrogens with zero attached hydrogens (tertiary/aromatic N) is 2. The number of ether oxygens (including phenoxy) is 1. The summed E-state index contributed by atoms with van der Waals surface area (Å²) in [6.07, 6.45) is 4.00. The van der Waals surface area contributed by atoms with E-state index >= 15 is 0 Å². The normalized spacial score (nSPS) is 16.9. The monoisotopic (exact) mass is 212 g/mol. The number of hydrogen-bond acceptors (Lipinski definition) is 3.